The van der Waals surface area contributed by atoms with Crippen molar-refractivity contribution in [1.29, 1.82) is 0 Å². The molecular formula is C13H9Cl3N2O. The first kappa shape index (κ1) is 14.0. The number of hydrogen-bond acceptors (Lipinski definition) is 3. The molecule has 0 saturated heterocycles. The van der Waals surface area contributed by atoms with Crippen molar-refractivity contribution in [3.05, 3.63) is 57.0 Å². The van der Waals surface area contributed by atoms with Crippen LogP contribution in [0.5, 0.6) is 5.75 Å². The molecule has 0 radical (unpaired) electrons. The lowest BCUT2D eigenvalue weighted by atomic mass is 10.2. The Kier molecular flexibility index (Phi) is 4.53. The Morgan fingerprint density at radius 1 is 1.05 bits per heavy atom. The molecule has 0 amide bonds. The molecule has 0 aliphatic heterocycles. The van der Waals surface area contributed by atoms with Gasteiger partial charge in [0.1, 0.15) is 5.75 Å². The summed E-state index contributed by atoms with van der Waals surface area (Å²) in [6.07, 6.45) is 1.47. The van der Waals surface area contributed by atoms with E-state index in [0.717, 1.165) is 0 Å². The Hall–Kier alpha value is -1.42. The van der Waals surface area contributed by atoms with Crippen molar-refractivity contribution < 1.29 is 5.11 Å². The third-order valence-electron chi connectivity index (χ3n) is 2.32. The Morgan fingerprint density at radius 3 is 2.32 bits per heavy atom. The summed E-state index contributed by atoms with van der Waals surface area (Å²) in [4.78, 5) is 0. The smallest absolute Gasteiger partial charge is 0.124 e. The fourth-order valence-electron chi connectivity index (χ4n) is 1.41. The minimum Gasteiger partial charge on any atom is -0.507 e. The lowest BCUT2D eigenvalue weighted by molar-refractivity contribution is 0.474. The summed E-state index contributed by atoms with van der Waals surface area (Å²) >= 11 is 17.8. The normalized spacial score (nSPS) is 10.9. The van der Waals surface area contributed by atoms with Crippen molar-refractivity contribution in [2.75, 3.05) is 5.43 Å². The van der Waals surface area contributed by atoms with Crippen LogP contribution in [-0.2, 0) is 0 Å². The molecule has 6 heteroatoms. The lowest BCUT2D eigenvalue weighted by Crippen LogP contribution is -1.93. The van der Waals surface area contributed by atoms with Gasteiger partial charge in [-0.15, -0.1) is 0 Å². The van der Waals surface area contributed by atoms with Crippen LogP contribution in [0.3, 0.4) is 0 Å². The average molecular weight is 316 g/mol. The van der Waals surface area contributed by atoms with E-state index in [1.165, 1.54) is 6.21 Å². The van der Waals surface area contributed by atoms with Gasteiger partial charge < -0.3 is 5.11 Å². The minimum atomic E-state index is 0.140. The molecule has 0 spiro atoms. The molecule has 0 aliphatic carbocycles. The van der Waals surface area contributed by atoms with Crippen LogP contribution in [-0.4, -0.2) is 11.3 Å². The van der Waals surface area contributed by atoms with Crippen LogP contribution in [0.25, 0.3) is 0 Å². The molecule has 19 heavy (non-hydrogen) atoms. The van der Waals surface area contributed by atoms with Gasteiger partial charge >= 0.3 is 0 Å². The predicted molar refractivity (Wildman–Crippen MR) is 80.8 cm³/mol. The summed E-state index contributed by atoms with van der Waals surface area (Å²) in [5.74, 6) is 0.140. The van der Waals surface area contributed by atoms with E-state index in [9.17, 15) is 5.11 Å². The first-order valence-electron chi connectivity index (χ1n) is 5.29. The van der Waals surface area contributed by atoms with Gasteiger partial charge in [0, 0.05) is 10.6 Å². The highest BCUT2D eigenvalue weighted by Crippen LogP contribution is 2.33. The van der Waals surface area contributed by atoms with E-state index >= 15 is 0 Å². The third-order valence-corrected chi connectivity index (χ3v) is 3.14. The number of para-hydroxylation sites is 1. The first-order chi connectivity index (χ1) is 9.08. The molecule has 0 aliphatic rings. The van der Waals surface area contributed by atoms with Crippen LogP contribution in [0, 0.1) is 0 Å². The Balaban J connectivity index is 2.18. The van der Waals surface area contributed by atoms with Gasteiger partial charge in [-0.1, -0.05) is 46.9 Å². The number of benzene rings is 2. The molecule has 3 nitrogen and oxygen atoms in total. The number of hydrogen-bond donors (Lipinski definition) is 2. The number of aromatic hydroxyl groups is 1. The molecule has 0 unspecified atom stereocenters. The van der Waals surface area contributed by atoms with Crippen molar-refractivity contribution in [2.45, 2.75) is 0 Å². The summed E-state index contributed by atoms with van der Waals surface area (Å²) < 4.78 is 0. The zero-order valence-electron chi connectivity index (χ0n) is 9.57. The Labute approximate surface area is 125 Å². The monoisotopic (exact) mass is 314 g/mol. The molecular weight excluding hydrogens is 307 g/mol. The van der Waals surface area contributed by atoms with Gasteiger partial charge in [-0.25, -0.2) is 0 Å². The van der Waals surface area contributed by atoms with E-state index in [-0.39, 0.29) is 5.75 Å². The summed E-state index contributed by atoms with van der Waals surface area (Å²) in [7, 11) is 0. The van der Waals surface area contributed by atoms with E-state index in [0.29, 0.717) is 26.3 Å². The van der Waals surface area contributed by atoms with Crippen LogP contribution in [0.2, 0.25) is 15.1 Å². The zero-order chi connectivity index (χ0) is 13.8. The molecule has 0 bridgehead atoms. The van der Waals surface area contributed by atoms with Crippen molar-refractivity contribution in [3.63, 3.8) is 0 Å². The number of phenolic OH excluding ortho intramolecular Hbond substituents is 1. The Morgan fingerprint density at radius 2 is 1.68 bits per heavy atom. The number of hydrazone groups is 1. The molecule has 98 valence electrons. The van der Waals surface area contributed by atoms with E-state index < -0.39 is 0 Å². The fraction of sp³-hybridized carbons (Fsp3) is 0. The van der Waals surface area contributed by atoms with Crippen LogP contribution in [0.4, 0.5) is 5.69 Å². The summed E-state index contributed by atoms with van der Waals surface area (Å²) in [6, 6.07) is 9.95. The number of halogens is 3. The SMILES string of the molecule is Oc1ccccc1/C=N\Nc1c(Cl)cc(Cl)cc1Cl. The highest BCUT2D eigenvalue weighted by atomic mass is 35.5. The molecule has 2 N–H and O–H groups in total. The predicted octanol–water partition coefficient (Wildman–Crippen LogP) is 4.80. The second-order valence-corrected chi connectivity index (χ2v) is 4.92. The highest BCUT2D eigenvalue weighted by molar-refractivity contribution is 6.41. The average Bonchev–Trinajstić information content (AvgIpc) is 2.34. The van der Waals surface area contributed by atoms with Gasteiger partial charge in [0.15, 0.2) is 0 Å². The highest BCUT2D eigenvalue weighted by Gasteiger charge is 2.06. The van der Waals surface area contributed by atoms with Crippen LogP contribution in [0.15, 0.2) is 41.5 Å². The molecule has 0 atom stereocenters. The molecule has 0 heterocycles. The summed E-state index contributed by atoms with van der Waals surface area (Å²) in [5, 5.41) is 14.7. The minimum absolute atomic E-state index is 0.140. The molecule has 2 aromatic rings. The van der Waals surface area contributed by atoms with E-state index in [1.807, 2.05) is 0 Å². The topological polar surface area (TPSA) is 44.6 Å². The maximum absolute atomic E-state index is 9.56. The van der Waals surface area contributed by atoms with E-state index in [1.54, 1.807) is 36.4 Å². The van der Waals surface area contributed by atoms with Crippen molar-refractivity contribution in [1.82, 2.24) is 0 Å². The summed E-state index contributed by atoms with van der Waals surface area (Å²) in [5.41, 5.74) is 3.76. The maximum atomic E-state index is 9.56. The Bertz CT molecular complexity index is 606. The number of anilines is 1. The van der Waals surface area contributed by atoms with Gasteiger partial charge in [-0.2, -0.15) is 5.10 Å². The number of rotatable bonds is 3. The lowest BCUT2D eigenvalue weighted by Gasteiger charge is -2.06. The third kappa shape index (κ3) is 3.53. The second-order valence-electron chi connectivity index (χ2n) is 3.67. The van der Waals surface area contributed by atoms with Gasteiger partial charge in [-0.05, 0) is 24.3 Å². The quantitative estimate of drug-likeness (QED) is 0.631. The number of phenols is 1. The second kappa shape index (κ2) is 6.15. The van der Waals surface area contributed by atoms with E-state index in [4.69, 9.17) is 34.8 Å². The molecule has 2 rings (SSSR count). The van der Waals surface area contributed by atoms with Crippen LogP contribution in [0.1, 0.15) is 5.56 Å². The van der Waals surface area contributed by atoms with Crippen molar-refractivity contribution >= 4 is 46.7 Å². The van der Waals surface area contributed by atoms with Gasteiger partial charge in [-0.3, -0.25) is 5.43 Å². The zero-order valence-corrected chi connectivity index (χ0v) is 11.8. The molecule has 0 saturated carbocycles. The summed E-state index contributed by atoms with van der Waals surface area (Å²) in [6.45, 7) is 0. The maximum Gasteiger partial charge on any atom is 0.124 e. The van der Waals surface area contributed by atoms with Gasteiger partial charge in [0.2, 0.25) is 0 Å². The largest absolute Gasteiger partial charge is 0.507 e. The van der Waals surface area contributed by atoms with Crippen LogP contribution >= 0.6 is 34.8 Å². The number of nitrogens with zero attached hydrogens (tertiary/aromatic N) is 1. The van der Waals surface area contributed by atoms with E-state index in [2.05, 4.69) is 10.5 Å². The van der Waals surface area contributed by atoms with Gasteiger partial charge in [0.05, 0.1) is 21.9 Å². The fourth-order valence-corrected chi connectivity index (χ4v) is 2.31. The number of nitrogens with one attached hydrogen (secondary N) is 1. The standard InChI is InChI=1S/C13H9Cl3N2O/c14-9-5-10(15)13(11(16)6-9)18-17-7-8-3-1-2-4-12(8)19/h1-7,18-19H/b17-7-. The molecule has 2 aromatic carbocycles. The van der Waals surface area contributed by atoms with Gasteiger partial charge in [0.25, 0.3) is 0 Å². The van der Waals surface area contributed by atoms with Crippen molar-refractivity contribution in [2.24, 2.45) is 5.10 Å². The van der Waals surface area contributed by atoms with Crippen molar-refractivity contribution in [3.8, 4) is 5.75 Å². The molecule has 0 aromatic heterocycles. The van der Waals surface area contributed by atoms with Crippen LogP contribution < -0.4 is 5.43 Å². The molecule has 0 fully saturated rings. The first-order valence-corrected chi connectivity index (χ1v) is 6.43.